The van der Waals surface area contributed by atoms with Crippen LogP contribution in [0.3, 0.4) is 0 Å². The number of nitrogens with zero attached hydrogens (tertiary/aromatic N) is 1. The van der Waals surface area contributed by atoms with Gasteiger partial charge in [-0.1, -0.05) is 29.8 Å². The van der Waals surface area contributed by atoms with Crippen molar-refractivity contribution < 1.29 is 24.0 Å². The van der Waals surface area contributed by atoms with Gasteiger partial charge in [-0.05, 0) is 29.5 Å². The monoisotopic (exact) mass is 410 g/mol. The molecule has 1 aromatic rings. The Kier molecular flexibility index (Phi) is 6.89. The van der Waals surface area contributed by atoms with E-state index in [-0.39, 0.29) is 30.1 Å². The number of carbonyl (C=O) groups excluding carboxylic acids is 3. The molecule has 3 amide bonds. The Hall–Kier alpha value is -1.87. The predicted molar refractivity (Wildman–Crippen MR) is 104 cm³/mol. The molecule has 1 aromatic carbocycles. The van der Waals surface area contributed by atoms with Crippen LogP contribution in [0.15, 0.2) is 29.2 Å². The van der Waals surface area contributed by atoms with E-state index in [1.807, 2.05) is 6.07 Å². The smallest absolute Gasteiger partial charge is 0.293 e. The third kappa shape index (κ3) is 5.32. The summed E-state index contributed by atoms with van der Waals surface area (Å²) in [5.41, 5.74) is 0.687. The van der Waals surface area contributed by atoms with Crippen LogP contribution in [0.1, 0.15) is 5.56 Å². The Morgan fingerprint density at radius 2 is 2.04 bits per heavy atom. The van der Waals surface area contributed by atoms with E-state index in [0.717, 1.165) is 29.8 Å². The zero-order valence-corrected chi connectivity index (χ0v) is 16.3. The van der Waals surface area contributed by atoms with Gasteiger partial charge in [0.2, 0.25) is 0 Å². The SMILES string of the molecule is O=C(C[NH+]1CCOCC1)NCCN1C(=O)S/C(=C/c2ccccc2Cl)C1=O. The van der Waals surface area contributed by atoms with Crippen molar-refractivity contribution in [2.45, 2.75) is 0 Å². The van der Waals surface area contributed by atoms with Crippen molar-refractivity contribution in [3.8, 4) is 0 Å². The second kappa shape index (κ2) is 9.36. The van der Waals surface area contributed by atoms with Gasteiger partial charge in [0.25, 0.3) is 17.1 Å². The number of imide groups is 1. The first-order valence-electron chi connectivity index (χ1n) is 8.72. The lowest BCUT2D eigenvalue weighted by Crippen LogP contribution is -3.15. The standard InChI is InChI=1S/C18H20ClN3O4S/c19-14-4-2-1-3-13(14)11-15-17(24)22(18(25)27-15)6-5-20-16(23)12-21-7-9-26-10-8-21/h1-4,11H,5-10,12H2,(H,20,23)/p+1/b15-11+. The lowest BCUT2D eigenvalue weighted by molar-refractivity contribution is -0.900. The van der Waals surface area contributed by atoms with Crippen molar-refractivity contribution in [2.24, 2.45) is 0 Å². The molecule has 7 nitrogen and oxygen atoms in total. The van der Waals surface area contributed by atoms with Crippen LogP contribution in [0, 0.1) is 0 Å². The molecule has 2 aliphatic heterocycles. The fourth-order valence-electron chi connectivity index (χ4n) is 2.86. The number of amides is 3. The lowest BCUT2D eigenvalue weighted by Gasteiger charge is -2.23. The summed E-state index contributed by atoms with van der Waals surface area (Å²) < 4.78 is 5.26. The summed E-state index contributed by atoms with van der Waals surface area (Å²) in [6.45, 7) is 3.70. The minimum absolute atomic E-state index is 0.0921. The van der Waals surface area contributed by atoms with E-state index in [1.54, 1.807) is 24.3 Å². The second-order valence-corrected chi connectivity index (χ2v) is 7.64. The number of quaternary nitrogens is 1. The Bertz CT molecular complexity index is 765. The quantitative estimate of drug-likeness (QED) is 0.664. The van der Waals surface area contributed by atoms with Gasteiger partial charge in [0.15, 0.2) is 6.54 Å². The molecule has 2 fully saturated rings. The maximum atomic E-state index is 12.5. The molecular weight excluding hydrogens is 390 g/mol. The van der Waals surface area contributed by atoms with Gasteiger partial charge < -0.3 is 15.0 Å². The topological polar surface area (TPSA) is 80.2 Å². The lowest BCUT2D eigenvalue weighted by atomic mass is 10.2. The van der Waals surface area contributed by atoms with Crippen molar-refractivity contribution in [1.82, 2.24) is 10.2 Å². The Morgan fingerprint density at radius 1 is 1.30 bits per heavy atom. The number of rotatable bonds is 6. The Balaban J connectivity index is 1.50. The molecule has 0 atom stereocenters. The third-order valence-electron chi connectivity index (χ3n) is 4.33. The second-order valence-electron chi connectivity index (χ2n) is 6.24. The summed E-state index contributed by atoms with van der Waals surface area (Å²) in [6.07, 6.45) is 1.62. The molecule has 0 bridgehead atoms. The zero-order valence-electron chi connectivity index (χ0n) is 14.7. The molecule has 9 heteroatoms. The minimum Gasteiger partial charge on any atom is -0.370 e. The highest BCUT2D eigenvalue weighted by Gasteiger charge is 2.34. The van der Waals surface area contributed by atoms with E-state index >= 15 is 0 Å². The normalized spacial score (nSPS) is 19.7. The van der Waals surface area contributed by atoms with Gasteiger partial charge in [-0.2, -0.15) is 0 Å². The van der Waals surface area contributed by atoms with Crippen LogP contribution in [0.2, 0.25) is 5.02 Å². The average molecular weight is 411 g/mol. The molecular formula is C18H21ClN3O4S+. The van der Waals surface area contributed by atoms with Crippen LogP contribution in [-0.4, -0.2) is 67.9 Å². The number of ether oxygens (including phenoxy) is 1. The van der Waals surface area contributed by atoms with Crippen molar-refractivity contribution >= 4 is 46.5 Å². The van der Waals surface area contributed by atoms with E-state index in [0.29, 0.717) is 35.2 Å². The summed E-state index contributed by atoms with van der Waals surface area (Å²) in [4.78, 5) is 39.2. The highest BCUT2D eigenvalue weighted by molar-refractivity contribution is 8.18. The van der Waals surface area contributed by atoms with Crippen molar-refractivity contribution in [3.63, 3.8) is 0 Å². The fourth-order valence-corrected chi connectivity index (χ4v) is 3.91. The maximum absolute atomic E-state index is 12.5. The molecule has 3 rings (SSSR count). The van der Waals surface area contributed by atoms with E-state index < -0.39 is 0 Å². The first-order chi connectivity index (χ1) is 13.0. The summed E-state index contributed by atoms with van der Waals surface area (Å²) >= 11 is 6.98. The fraction of sp³-hybridized carbons (Fsp3) is 0.389. The van der Waals surface area contributed by atoms with Crippen LogP contribution in [0.25, 0.3) is 6.08 Å². The minimum atomic E-state index is -0.363. The molecule has 0 aliphatic carbocycles. The van der Waals surface area contributed by atoms with Gasteiger partial charge in [-0.25, -0.2) is 0 Å². The summed E-state index contributed by atoms with van der Waals surface area (Å²) in [5, 5.41) is 2.95. The summed E-state index contributed by atoms with van der Waals surface area (Å²) in [6, 6.07) is 7.12. The average Bonchev–Trinajstić information content (AvgIpc) is 2.92. The highest BCUT2D eigenvalue weighted by atomic mass is 35.5. The van der Waals surface area contributed by atoms with E-state index in [9.17, 15) is 14.4 Å². The number of benzene rings is 1. The van der Waals surface area contributed by atoms with Crippen LogP contribution >= 0.6 is 23.4 Å². The molecule has 0 radical (unpaired) electrons. The molecule has 0 spiro atoms. The molecule has 0 unspecified atom stereocenters. The van der Waals surface area contributed by atoms with E-state index in [1.165, 1.54) is 4.90 Å². The molecule has 2 heterocycles. The van der Waals surface area contributed by atoms with Gasteiger partial charge in [-0.3, -0.25) is 19.3 Å². The van der Waals surface area contributed by atoms with Crippen LogP contribution in [0.4, 0.5) is 4.79 Å². The number of nitrogens with one attached hydrogen (secondary N) is 2. The molecule has 0 aromatic heterocycles. The predicted octanol–water partition coefficient (Wildman–Crippen LogP) is 0.408. The number of halogens is 1. The van der Waals surface area contributed by atoms with Gasteiger partial charge in [0, 0.05) is 18.1 Å². The van der Waals surface area contributed by atoms with Gasteiger partial charge in [0.05, 0.1) is 18.1 Å². The first kappa shape index (κ1) is 19.9. The maximum Gasteiger partial charge on any atom is 0.293 e. The van der Waals surface area contributed by atoms with Crippen molar-refractivity contribution in [2.75, 3.05) is 45.9 Å². The Labute approximate surface area is 166 Å². The number of hydrogen-bond acceptors (Lipinski definition) is 5. The molecule has 2 N–H and O–H groups in total. The first-order valence-corrected chi connectivity index (χ1v) is 9.92. The molecule has 144 valence electrons. The Morgan fingerprint density at radius 3 is 2.78 bits per heavy atom. The molecule has 2 aliphatic rings. The molecule has 27 heavy (non-hydrogen) atoms. The van der Waals surface area contributed by atoms with Crippen molar-refractivity contribution in [3.05, 3.63) is 39.8 Å². The van der Waals surface area contributed by atoms with Gasteiger partial charge in [0.1, 0.15) is 13.1 Å². The third-order valence-corrected chi connectivity index (χ3v) is 5.59. The van der Waals surface area contributed by atoms with Crippen molar-refractivity contribution in [1.29, 1.82) is 0 Å². The number of carbonyl (C=O) groups is 3. The van der Waals surface area contributed by atoms with Gasteiger partial charge >= 0.3 is 0 Å². The van der Waals surface area contributed by atoms with E-state index in [4.69, 9.17) is 16.3 Å². The van der Waals surface area contributed by atoms with E-state index in [2.05, 4.69) is 5.32 Å². The molecule has 0 saturated carbocycles. The summed E-state index contributed by atoms with van der Waals surface area (Å²) in [7, 11) is 0. The van der Waals surface area contributed by atoms with Crippen LogP contribution < -0.4 is 10.2 Å². The highest BCUT2D eigenvalue weighted by Crippen LogP contribution is 2.33. The summed E-state index contributed by atoms with van der Waals surface area (Å²) in [5.74, 6) is -0.455. The largest absolute Gasteiger partial charge is 0.370 e. The van der Waals surface area contributed by atoms with Gasteiger partial charge in [-0.15, -0.1) is 0 Å². The van der Waals surface area contributed by atoms with Crippen LogP contribution in [0.5, 0.6) is 0 Å². The zero-order chi connectivity index (χ0) is 19.2. The number of hydrogen-bond donors (Lipinski definition) is 2. The number of morpholine rings is 1. The van der Waals surface area contributed by atoms with Crippen LogP contribution in [-0.2, 0) is 14.3 Å². The molecule has 2 saturated heterocycles. The number of thioether (sulfide) groups is 1.